The van der Waals surface area contributed by atoms with E-state index < -0.39 is 5.72 Å². The van der Waals surface area contributed by atoms with Crippen LogP contribution in [-0.4, -0.2) is 35.1 Å². The van der Waals surface area contributed by atoms with Gasteiger partial charge in [-0.25, -0.2) is 0 Å². The van der Waals surface area contributed by atoms with Crippen LogP contribution in [0, 0.1) is 0 Å². The molecule has 0 aromatic rings. The number of carbonyl (C=O) groups is 1. The van der Waals surface area contributed by atoms with Crippen molar-refractivity contribution in [3.8, 4) is 0 Å². The van der Waals surface area contributed by atoms with E-state index in [0.29, 0.717) is 6.61 Å². The maximum atomic E-state index is 11.5. The molecule has 13 heavy (non-hydrogen) atoms. The summed E-state index contributed by atoms with van der Waals surface area (Å²) in [6.45, 7) is 6.45. The van der Waals surface area contributed by atoms with Gasteiger partial charge in [-0.05, 0) is 20.3 Å². The molecule has 0 N–H and O–H groups in total. The predicted octanol–water partition coefficient (Wildman–Crippen LogP) is 1.60. The van der Waals surface area contributed by atoms with Crippen LogP contribution >= 0.6 is 11.6 Å². The van der Waals surface area contributed by atoms with Crippen LogP contribution in [0.15, 0.2) is 0 Å². The topological polar surface area (TPSA) is 29.5 Å². The van der Waals surface area contributed by atoms with Crippen molar-refractivity contribution < 1.29 is 9.53 Å². The average molecular weight is 206 g/mol. The third-order valence-electron chi connectivity index (χ3n) is 2.43. The van der Waals surface area contributed by atoms with E-state index in [1.54, 1.807) is 4.90 Å². The fourth-order valence-electron chi connectivity index (χ4n) is 1.75. The Balaban J connectivity index is 2.80. The minimum Gasteiger partial charge on any atom is -0.354 e. The highest BCUT2D eigenvalue weighted by molar-refractivity contribution is 6.27. The van der Waals surface area contributed by atoms with Crippen LogP contribution in [0.3, 0.4) is 0 Å². The molecule has 1 unspecified atom stereocenters. The van der Waals surface area contributed by atoms with Gasteiger partial charge in [0.15, 0.2) is 0 Å². The smallest absolute Gasteiger partial charge is 0.240 e. The Morgan fingerprint density at radius 1 is 1.69 bits per heavy atom. The molecule has 1 atom stereocenters. The maximum Gasteiger partial charge on any atom is 0.240 e. The van der Waals surface area contributed by atoms with Gasteiger partial charge in [-0.15, -0.1) is 11.6 Å². The standard InChI is InChI=1S/C9H16ClNO2/c1-4-7-6-13-9(2,3)11(7)8(12)5-10/h7H,4-6H2,1-3H3. The first-order valence-corrected chi connectivity index (χ1v) is 5.08. The van der Waals surface area contributed by atoms with Gasteiger partial charge < -0.3 is 9.64 Å². The summed E-state index contributed by atoms with van der Waals surface area (Å²) >= 11 is 5.53. The number of rotatable bonds is 2. The highest BCUT2D eigenvalue weighted by atomic mass is 35.5. The van der Waals surface area contributed by atoms with Gasteiger partial charge in [0.25, 0.3) is 0 Å². The van der Waals surface area contributed by atoms with E-state index in [4.69, 9.17) is 16.3 Å². The number of ether oxygens (including phenoxy) is 1. The molecular weight excluding hydrogens is 190 g/mol. The van der Waals surface area contributed by atoms with Crippen LogP contribution in [0.4, 0.5) is 0 Å². The quantitative estimate of drug-likeness (QED) is 0.641. The molecule has 0 aliphatic carbocycles. The van der Waals surface area contributed by atoms with Gasteiger partial charge in [-0.2, -0.15) is 0 Å². The van der Waals surface area contributed by atoms with Gasteiger partial charge >= 0.3 is 0 Å². The van der Waals surface area contributed by atoms with Gasteiger partial charge in [0.2, 0.25) is 5.91 Å². The van der Waals surface area contributed by atoms with Crippen molar-refractivity contribution in [2.24, 2.45) is 0 Å². The summed E-state index contributed by atoms with van der Waals surface area (Å²) in [4.78, 5) is 13.3. The molecule has 4 heteroatoms. The van der Waals surface area contributed by atoms with E-state index >= 15 is 0 Å². The highest BCUT2D eigenvalue weighted by Gasteiger charge is 2.42. The fraction of sp³-hybridized carbons (Fsp3) is 0.889. The third kappa shape index (κ3) is 1.97. The molecule has 1 fully saturated rings. The van der Waals surface area contributed by atoms with Gasteiger partial charge in [0.05, 0.1) is 12.6 Å². The van der Waals surface area contributed by atoms with Crippen molar-refractivity contribution in [1.29, 1.82) is 0 Å². The Hall–Kier alpha value is -0.280. The lowest BCUT2D eigenvalue weighted by Gasteiger charge is -2.32. The van der Waals surface area contributed by atoms with Gasteiger partial charge in [0, 0.05) is 0 Å². The fourth-order valence-corrected chi connectivity index (χ4v) is 1.88. The van der Waals surface area contributed by atoms with Gasteiger partial charge in [0.1, 0.15) is 11.6 Å². The number of nitrogens with zero attached hydrogens (tertiary/aromatic N) is 1. The zero-order valence-corrected chi connectivity index (χ0v) is 9.10. The number of amides is 1. The molecule has 0 aromatic carbocycles. The minimum absolute atomic E-state index is 0.0310. The first-order valence-electron chi connectivity index (χ1n) is 4.55. The molecule has 1 saturated heterocycles. The summed E-state index contributed by atoms with van der Waals surface area (Å²) in [5.41, 5.74) is -0.493. The molecule has 1 aliphatic heterocycles. The molecular formula is C9H16ClNO2. The summed E-state index contributed by atoms with van der Waals surface area (Å²) in [6, 6.07) is 0.182. The molecule has 0 saturated carbocycles. The van der Waals surface area contributed by atoms with Crippen molar-refractivity contribution in [1.82, 2.24) is 4.90 Å². The van der Waals surface area contributed by atoms with E-state index in [1.165, 1.54) is 0 Å². The third-order valence-corrected chi connectivity index (χ3v) is 2.66. The summed E-state index contributed by atoms with van der Waals surface area (Å²) < 4.78 is 5.53. The molecule has 1 heterocycles. The molecule has 1 amide bonds. The summed E-state index contributed by atoms with van der Waals surface area (Å²) in [5, 5.41) is 0. The van der Waals surface area contributed by atoms with E-state index in [2.05, 4.69) is 0 Å². The first-order chi connectivity index (χ1) is 6.03. The van der Waals surface area contributed by atoms with E-state index in [9.17, 15) is 4.79 Å². The monoisotopic (exact) mass is 205 g/mol. The average Bonchev–Trinajstić information content (AvgIpc) is 2.39. The molecule has 1 rings (SSSR count). The molecule has 1 aliphatic rings. The van der Waals surface area contributed by atoms with Crippen LogP contribution in [0.1, 0.15) is 27.2 Å². The van der Waals surface area contributed by atoms with Crippen LogP contribution in [0.5, 0.6) is 0 Å². The summed E-state index contributed by atoms with van der Waals surface area (Å²) in [6.07, 6.45) is 0.909. The minimum atomic E-state index is -0.493. The van der Waals surface area contributed by atoms with E-state index in [-0.39, 0.29) is 17.8 Å². The Labute approximate surface area is 84.0 Å². The lowest BCUT2D eigenvalue weighted by Crippen LogP contribution is -2.48. The summed E-state index contributed by atoms with van der Waals surface area (Å²) in [7, 11) is 0. The van der Waals surface area contributed by atoms with Crippen LogP contribution in [0.25, 0.3) is 0 Å². The van der Waals surface area contributed by atoms with Crippen molar-refractivity contribution >= 4 is 17.5 Å². The van der Waals surface area contributed by atoms with E-state index in [1.807, 2.05) is 20.8 Å². The zero-order valence-electron chi connectivity index (χ0n) is 8.34. The lowest BCUT2D eigenvalue weighted by molar-refractivity contribution is -0.143. The SMILES string of the molecule is CCC1COC(C)(C)N1C(=O)CCl. The van der Waals surface area contributed by atoms with Crippen molar-refractivity contribution in [2.75, 3.05) is 12.5 Å². The number of hydrogen-bond donors (Lipinski definition) is 0. The lowest BCUT2D eigenvalue weighted by atomic mass is 10.1. The van der Waals surface area contributed by atoms with E-state index in [0.717, 1.165) is 6.42 Å². The van der Waals surface area contributed by atoms with Crippen LogP contribution in [-0.2, 0) is 9.53 Å². The molecule has 0 radical (unpaired) electrons. The Morgan fingerprint density at radius 2 is 2.31 bits per heavy atom. The number of carbonyl (C=O) groups excluding carboxylic acids is 1. The van der Waals surface area contributed by atoms with Crippen molar-refractivity contribution in [3.63, 3.8) is 0 Å². The Bertz CT molecular complexity index is 206. The largest absolute Gasteiger partial charge is 0.354 e. The molecule has 3 nitrogen and oxygen atoms in total. The molecule has 76 valence electrons. The van der Waals surface area contributed by atoms with Crippen LogP contribution < -0.4 is 0 Å². The second-order valence-electron chi connectivity index (χ2n) is 3.72. The van der Waals surface area contributed by atoms with Gasteiger partial charge in [-0.1, -0.05) is 6.92 Å². The first kappa shape index (κ1) is 10.8. The van der Waals surface area contributed by atoms with Gasteiger partial charge in [-0.3, -0.25) is 4.79 Å². The van der Waals surface area contributed by atoms with Crippen molar-refractivity contribution in [3.05, 3.63) is 0 Å². The normalized spacial score (nSPS) is 26.5. The number of alkyl halides is 1. The Kier molecular flexibility index (Phi) is 3.19. The maximum absolute atomic E-state index is 11.5. The summed E-state index contributed by atoms with van der Waals surface area (Å²) in [5.74, 6) is -0.0143. The highest BCUT2D eigenvalue weighted by Crippen LogP contribution is 2.28. The molecule has 0 spiro atoms. The van der Waals surface area contributed by atoms with Crippen LogP contribution in [0.2, 0.25) is 0 Å². The second-order valence-corrected chi connectivity index (χ2v) is 3.98. The number of halogens is 1. The predicted molar refractivity (Wildman–Crippen MR) is 51.7 cm³/mol. The molecule has 0 bridgehead atoms. The zero-order chi connectivity index (χ0) is 10.1. The Morgan fingerprint density at radius 3 is 2.77 bits per heavy atom. The number of hydrogen-bond acceptors (Lipinski definition) is 2. The van der Waals surface area contributed by atoms with Crippen molar-refractivity contribution in [2.45, 2.75) is 39.0 Å². The second kappa shape index (κ2) is 3.84. The molecule has 0 aromatic heterocycles.